The van der Waals surface area contributed by atoms with E-state index in [1.165, 1.54) is 11.3 Å². The fourth-order valence-corrected chi connectivity index (χ4v) is 4.67. The molecular formula is C13H12N2O3S2. The van der Waals surface area contributed by atoms with Crippen molar-refractivity contribution in [2.75, 3.05) is 11.9 Å². The number of thiophene rings is 1. The number of sulfonamides is 1. The van der Waals surface area contributed by atoms with E-state index in [1.54, 1.807) is 10.8 Å². The van der Waals surface area contributed by atoms with Crippen molar-refractivity contribution in [3.63, 3.8) is 0 Å². The van der Waals surface area contributed by atoms with E-state index in [9.17, 15) is 13.2 Å². The van der Waals surface area contributed by atoms with Gasteiger partial charge in [0.1, 0.15) is 4.90 Å². The van der Waals surface area contributed by atoms with Crippen molar-refractivity contribution in [3.8, 4) is 0 Å². The van der Waals surface area contributed by atoms with Crippen LogP contribution in [0.15, 0.2) is 46.0 Å². The lowest BCUT2D eigenvalue weighted by Crippen LogP contribution is -2.44. The largest absolute Gasteiger partial charge is 0.335 e. The molecule has 0 spiro atoms. The van der Waals surface area contributed by atoms with Gasteiger partial charge in [0.25, 0.3) is 10.0 Å². The number of urea groups is 1. The number of amides is 2. The number of nitrogens with zero attached hydrogens (tertiary/aromatic N) is 1. The molecule has 2 heterocycles. The van der Waals surface area contributed by atoms with Gasteiger partial charge in [-0.25, -0.2) is 17.5 Å². The second-order valence-corrected chi connectivity index (χ2v) is 6.97. The van der Waals surface area contributed by atoms with E-state index < -0.39 is 16.1 Å². The van der Waals surface area contributed by atoms with Gasteiger partial charge in [-0.05, 0) is 12.0 Å². The molecule has 1 aliphatic rings. The maximum absolute atomic E-state index is 12.4. The fourth-order valence-electron chi connectivity index (χ4n) is 2.08. The van der Waals surface area contributed by atoms with E-state index in [2.05, 4.69) is 5.32 Å². The molecule has 0 atom stereocenters. The summed E-state index contributed by atoms with van der Waals surface area (Å²) in [5.74, 6) is 0. The first kappa shape index (κ1) is 13.1. The quantitative estimate of drug-likeness (QED) is 0.947. The van der Waals surface area contributed by atoms with Crippen molar-refractivity contribution in [3.05, 3.63) is 46.7 Å². The molecule has 0 unspecified atom stereocenters. The smallest absolute Gasteiger partial charge is 0.305 e. The number of hydrogen-bond acceptors (Lipinski definition) is 4. The topological polar surface area (TPSA) is 66.5 Å². The Hall–Kier alpha value is -1.86. The average Bonchev–Trinajstić information content (AvgIpc) is 2.88. The number of fused-ring (bicyclic) bond motifs is 1. The zero-order chi connectivity index (χ0) is 14.2. The molecule has 0 radical (unpaired) electrons. The van der Waals surface area contributed by atoms with Crippen LogP contribution >= 0.6 is 11.3 Å². The molecule has 7 heteroatoms. The van der Waals surface area contributed by atoms with Crippen LogP contribution < -0.4 is 5.32 Å². The maximum atomic E-state index is 12.4. The number of anilines is 1. The van der Waals surface area contributed by atoms with Crippen LogP contribution in [0, 0.1) is 0 Å². The predicted molar refractivity (Wildman–Crippen MR) is 77.4 cm³/mol. The van der Waals surface area contributed by atoms with Gasteiger partial charge in [0.05, 0.1) is 5.69 Å². The Bertz CT molecular complexity index is 738. The van der Waals surface area contributed by atoms with Crippen molar-refractivity contribution in [1.82, 2.24) is 4.31 Å². The van der Waals surface area contributed by atoms with Crippen LogP contribution in [0.4, 0.5) is 10.5 Å². The zero-order valence-electron chi connectivity index (χ0n) is 10.4. The molecule has 1 aromatic heterocycles. The van der Waals surface area contributed by atoms with Crippen molar-refractivity contribution in [2.24, 2.45) is 0 Å². The van der Waals surface area contributed by atoms with Gasteiger partial charge in [-0.15, -0.1) is 11.3 Å². The highest BCUT2D eigenvalue weighted by atomic mass is 32.2. The predicted octanol–water partition coefficient (Wildman–Crippen LogP) is 2.53. The molecule has 104 valence electrons. The van der Waals surface area contributed by atoms with Crippen LogP contribution in [0.2, 0.25) is 0 Å². The number of carbonyl (C=O) groups is 1. The first-order chi connectivity index (χ1) is 9.59. The molecular weight excluding hydrogens is 296 g/mol. The molecule has 2 aromatic rings. The van der Waals surface area contributed by atoms with Crippen molar-refractivity contribution in [2.45, 2.75) is 11.3 Å². The summed E-state index contributed by atoms with van der Waals surface area (Å²) in [6, 6.07) is 8.89. The summed E-state index contributed by atoms with van der Waals surface area (Å²) < 4.78 is 25.6. The van der Waals surface area contributed by atoms with Gasteiger partial charge in [0.2, 0.25) is 0 Å². The molecule has 0 bridgehead atoms. The van der Waals surface area contributed by atoms with Gasteiger partial charge in [0, 0.05) is 17.3 Å². The Balaban J connectivity index is 1.85. The summed E-state index contributed by atoms with van der Waals surface area (Å²) in [7, 11) is -3.73. The van der Waals surface area contributed by atoms with Gasteiger partial charge in [-0.1, -0.05) is 30.3 Å². The molecule has 2 amide bonds. The van der Waals surface area contributed by atoms with Crippen LogP contribution in [0.25, 0.3) is 0 Å². The summed E-state index contributed by atoms with van der Waals surface area (Å²) in [4.78, 5) is 12.1. The number of rotatable bonds is 3. The van der Waals surface area contributed by atoms with Crippen molar-refractivity contribution >= 4 is 33.1 Å². The lowest BCUT2D eigenvalue weighted by Gasteiger charge is -2.27. The van der Waals surface area contributed by atoms with E-state index in [1.807, 2.05) is 30.3 Å². The highest BCUT2D eigenvalue weighted by Gasteiger charge is 2.36. The minimum absolute atomic E-state index is 0.132. The van der Waals surface area contributed by atoms with E-state index in [0.717, 1.165) is 9.87 Å². The molecule has 20 heavy (non-hydrogen) atoms. The molecule has 0 saturated heterocycles. The van der Waals surface area contributed by atoms with Crippen LogP contribution in [0.3, 0.4) is 0 Å². The Kier molecular flexibility index (Phi) is 3.23. The summed E-state index contributed by atoms with van der Waals surface area (Å²) in [5, 5.41) is 5.77. The molecule has 1 N–H and O–H groups in total. The third kappa shape index (κ3) is 2.19. The van der Waals surface area contributed by atoms with Gasteiger partial charge in [-0.2, -0.15) is 0 Å². The first-order valence-corrected chi connectivity index (χ1v) is 8.41. The molecule has 0 aliphatic carbocycles. The lowest BCUT2D eigenvalue weighted by molar-refractivity contribution is 0.235. The summed E-state index contributed by atoms with van der Waals surface area (Å²) >= 11 is 1.26. The molecule has 0 fully saturated rings. The Labute approximate surface area is 120 Å². The highest BCUT2D eigenvalue weighted by molar-refractivity contribution is 7.90. The van der Waals surface area contributed by atoms with E-state index >= 15 is 0 Å². The maximum Gasteiger partial charge on any atom is 0.335 e. The van der Waals surface area contributed by atoms with Crippen molar-refractivity contribution < 1.29 is 13.2 Å². The number of nitrogens with one attached hydrogen (secondary N) is 1. The number of benzene rings is 1. The van der Waals surface area contributed by atoms with Crippen LogP contribution in [-0.2, 0) is 16.4 Å². The average molecular weight is 308 g/mol. The third-order valence-electron chi connectivity index (χ3n) is 3.11. The van der Waals surface area contributed by atoms with E-state index in [-0.39, 0.29) is 11.4 Å². The minimum Gasteiger partial charge on any atom is -0.305 e. The first-order valence-electron chi connectivity index (χ1n) is 6.03. The number of hydrogen-bond donors (Lipinski definition) is 1. The zero-order valence-corrected chi connectivity index (χ0v) is 12.1. The summed E-state index contributed by atoms with van der Waals surface area (Å²) in [5.41, 5.74) is 1.36. The van der Waals surface area contributed by atoms with Gasteiger partial charge in [-0.3, -0.25) is 0 Å². The Morgan fingerprint density at radius 1 is 1.15 bits per heavy atom. The summed E-state index contributed by atoms with van der Waals surface area (Å²) in [6.45, 7) is 0.132. The Morgan fingerprint density at radius 3 is 2.65 bits per heavy atom. The monoisotopic (exact) mass is 308 g/mol. The van der Waals surface area contributed by atoms with Crippen LogP contribution in [0.5, 0.6) is 0 Å². The van der Waals surface area contributed by atoms with Crippen LogP contribution in [0.1, 0.15) is 5.56 Å². The molecule has 3 rings (SSSR count). The SMILES string of the molecule is O=C1Nc2cscc2S(=O)(=O)N1CCc1ccccc1. The normalized spacial score (nSPS) is 16.6. The highest BCUT2D eigenvalue weighted by Crippen LogP contribution is 2.32. The molecule has 5 nitrogen and oxygen atoms in total. The lowest BCUT2D eigenvalue weighted by atomic mass is 10.1. The fraction of sp³-hybridized carbons (Fsp3) is 0.154. The second kappa shape index (κ2) is 4.92. The molecule has 1 aromatic carbocycles. The van der Waals surface area contributed by atoms with Gasteiger partial charge < -0.3 is 5.32 Å². The summed E-state index contributed by atoms with van der Waals surface area (Å²) in [6.07, 6.45) is 0.493. The number of carbonyl (C=O) groups excluding carboxylic acids is 1. The molecule has 1 aliphatic heterocycles. The third-order valence-corrected chi connectivity index (χ3v) is 5.82. The van der Waals surface area contributed by atoms with Gasteiger partial charge >= 0.3 is 6.03 Å². The molecule has 0 saturated carbocycles. The second-order valence-electron chi connectivity index (χ2n) is 4.39. The van der Waals surface area contributed by atoms with Crippen LogP contribution in [-0.4, -0.2) is 25.3 Å². The minimum atomic E-state index is -3.73. The van der Waals surface area contributed by atoms with Crippen molar-refractivity contribution in [1.29, 1.82) is 0 Å². The van der Waals surface area contributed by atoms with E-state index in [4.69, 9.17) is 0 Å². The standard InChI is InChI=1S/C13H12N2O3S2/c16-13-14-11-8-19-9-12(11)20(17,18)15(13)7-6-10-4-2-1-3-5-10/h1-5,8-9H,6-7H2,(H,14,16). The van der Waals surface area contributed by atoms with Gasteiger partial charge in [0.15, 0.2) is 0 Å². The Morgan fingerprint density at radius 2 is 1.90 bits per heavy atom. The van der Waals surface area contributed by atoms with E-state index in [0.29, 0.717) is 12.1 Å².